The summed E-state index contributed by atoms with van der Waals surface area (Å²) in [5.41, 5.74) is 1.31. The van der Waals surface area contributed by atoms with Gasteiger partial charge in [0.15, 0.2) is 0 Å². The molecule has 1 aliphatic heterocycles. The summed E-state index contributed by atoms with van der Waals surface area (Å²) < 4.78 is 0.881. The van der Waals surface area contributed by atoms with Crippen molar-refractivity contribution in [2.45, 2.75) is 26.3 Å². The molecule has 4 heteroatoms. The molecule has 1 aromatic heterocycles. The highest BCUT2D eigenvalue weighted by molar-refractivity contribution is 7.14. The molecule has 0 aliphatic carbocycles. The van der Waals surface area contributed by atoms with Crippen molar-refractivity contribution < 1.29 is 0 Å². The second kappa shape index (κ2) is 6.19. The highest BCUT2D eigenvalue weighted by atomic mass is 35.5. The van der Waals surface area contributed by atoms with Crippen molar-refractivity contribution in [2.24, 2.45) is 5.92 Å². The van der Waals surface area contributed by atoms with E-state index in [9.17, 15) is 0 Å². The molecule has 17 heavy (non-hydrogen) atoms. The minimum atomic E-state index is 0.412. The van der Waals surface area contributed by atoms with E-state index in [1.807, 2.05) is 0 Å². The molecule has 1 saturated heterocycles. The van der Waals surface area contributed by atoms with E-state index >= 15 is 0 Å². The summed E-state index contributed by atoms with van der Waals surface area (Å²) in [5, 5.41) is 5.77. The molecule has 2 unspecified atom stereocenters. The third-order valence-electron chi connectivity index (χ3n) is 3.62. The van der Waals surface area contributed by atoms with Crippen molar-refractivity contribution in [3.63, 3.8) is 0 Å². The average molecular weight is 273 g/mol. The topological polar surface area (TPSA) is 15.3 Å². The maximum Gasteiger partial charge on any atom is 0.0931 e. The Labute approximate surface area is 113 Å². The average Bonchev–Trinajstić information content (AvgIpc) is 2.94. The number of nitrogens with zero attached hydrogens (tertiary/aromatic N) is 1. The number of nitrogens with one attached hydrogen (secondary N) is 1. The van der Waals surface area contributed by atoms with Crippen LogP contribution in [0.2, 0.25) is 4.34 Å². The Hall–Kier alpha value is -0.0900. The van der Waals surface area contributed by atoms with E-state index in [4.69, 9.17) is 11.6 Å². The van der Waals surface area contributed by atoms with Gasteiger partial charge in [0, 0.05) is 12.6 Å². The Morgan fingerprint density at radius 3 is 3.06 bits per heavy atom. The first-order valence-electron chi connectivity index (χ1n) is 6.38. The minimum Gasteiger partial charge on any atom is -0.310 e. The van der Waals surface area contributed by atoms with Crippen LogP contribution in [0.15, 0.2) is 11.4 Å². The highest BCUT2D eigenvalue weighted by Crippen LogP contribution is 2.25. The van der Waals surface area contributed by atoms with E-state index < -0.39 is 0 Å². The molecule has 0 amide bonds. The van der Waals surface area contributed by atoms with Crippen molar-refractivity contribution in [2.75, 3.05) is 26.2 Å². The fourth-order valence-corrected chi connectivity index (χ4v) is 3.36. The van der Waals surface area contributed by atoms with Crippen LogP contribution in [0.4, 0.5) is 0 Å². The predicted octanol–water partition coefficient (Wildman–Crippen LogP) is 3.39. The predicted molar refractivity (Wildman–Crippen MR) is 76.0 cm³/mol. The Bertz CT molecular complexity index is 353. The Kier molecular flexibility index (Phi) is 4.86. The number of hydrogen-bond donors (Lipinski definition) is 1. The quantitative estimate of drug-likeness (QED) is 0.884. The Morgan fingerprint density at radius 1 is 1.65 bits per heavy atom. The fraction of sp³-hybridized carbons (Fsp3) is 0.692. The maximum absolute atomic E-state index is 5.95. The van der Waals surface area contributed by atoms with Crippen LogP contribution in [0.25, 0.3) is 0 Å². The SMILES string of the molecule is CCN1CCC(CNC(C)c2csc(Cl)c2)C1. The van der Waals surface area contributed by atoms with Crippen LogP contribution in [0.1, 0.15) is 31.9 Å². The molecule has 0 saturated carbocycles. The van der Waals surface area contributed by atoms with Crippen LogP contribution in [0.5, 0.6) is 0 Å². The molecule has 2 rings (SSSR count). The van der Waals surface area contributed by atoms with Gasteiger partial charge in [-0.15, -0.1) is 11.3 Å². The van der Waals surface area contributed by atoms with Gasteiger partial charge in [-0.05, 0) is 55.9 Å². The summed E-state index contributed by atoms with van der Waals surface area (Å²) in [6.45, 7) is 9.27. The second-order valence-corrected chi connectivity index (χ2v) is 6.40. The number of thiophene rings is 1. The Morgan fingerprint density at radius 2 is 2.47 bits per heavy atom. The summed E-state index contributed by atoms with van der Waals surface area (Å²) in [6, 6.07) is 2.48. The molecule has 2 nitrogen and oxygen atoms in total. The standard InChI is InChI=1S/C13H21ClN2S/c1-3-16-5-4-11(8-16)7-15-10(2)12-6-13(14)17-9-12/h6,9-11,15H,3-5,7-8H2,1-2H3. The zero-order valence-electron chi connectivity index (χ0n) is 10.6. The molecule has 1 N–H and O–H groups in total. The summed E-state index contributed by atoms with van der Waals surface area (Å²) in [5.74, 6) is 0.812. The lowest BCUT2D eigenvalue weighted by Crippen LogP contribution is -2.28. The largest absolute Gasteiger partial charge is 0.310 e. The molecule has 2 heterocycles. The molecular formula is C13H21ClN2S. The van der Waals surface area contributed by atoms with Gasteiger partial charge in [0.05, 0.1) is 4.34 Å². The molecule has 1 aliphatic rings. The lowest BCUT2D eigenvalue weighted by atomic mass is 10.1. The van der Waals surface area contributed by atoms with Crippen LogP contribution in [0, 0.1) is 5.92 Å². The smallest absolute Gasteiger partial charge is 0.0931 e. The van der Waals surface area contributed by atoms with Crippen molar-refractivity contribution in [3.05, 3.63) is 21.3 Å². The first-order chi connectivity index (χ1) is 8.19. The van der Waals surface area contributed by atoms with Crippen LogP contribution in [-0.2, 0) is 0 Å². The van der Waals surface area contributed by atoms with Gasteiger partial charge in [0.2, 0.25) is 0 Å². The summed E-state index contributed by atoms with van der Waals surface area (Å²) in [4.78, 5) is 2.53. The first kappa shape index (κ1) is 13.3. The van der Waals surface area contributed by atoms with Crippen LogP contribution >= 0.6 is 22.9 Å². The van der Waals surface area contributed by atoms with E-state index in [1.165, 1.54) is 31.6 Å². The van der Waals surface area contributed by atoms with Crippen molar-refractivity contribution >= 4 is 22.9 Å². The van der Waals surface area contributed by atoms with Gasteiger partial charge in [-0.1, -0.05) is 18.5 Å². The highest BCUT2D eigenvalue weighted by Gasteiger charge is 2.21. The monoisotopic (exact) mass is 272 g/mol. The summed E-state index contributed by atoms with van der Waals surface area (Å²) in [7, 11) is 0. The maximum atomic E-state index is 5.95. The van der Waals surface area contributed by atoms with Gasteiger partial charge in [0.1, 0.15) is 0 Å². The van der Waals surface area contributed by atoms with E-state index in [-0.39, 0.29) is 0 Å². The third kappa shape index (κ3) is 3.68. The van der Waals surface area contributed by atoms with Gasteiger partial charge in [-0.25, -0.2) is 0 Å². The summed E-state index contributed by atoms with van der Waals surface area (Å²) >= 11 is 7.57. The normalized spacial score (nSPS) is 23.1. The zero-order chi connectivity index (χ0) is 12.3. The molecule has 0 radical (unpaired) electrons. The van der Waals surface area contributed by atoms with Crippen molar-refractivity contribution in [1.29, 1.82) is 0 Å². The first-order valence-corrected chi connectivity index (χ1v) is 7.64. The summed E-state index contributed by atoms with van der Waals surface area (Å²) in [6.07, 6.45) is 1.33. The number of likely N-dealkylation sites (tertiary alicyclic amines) is 1. The zero-order valence-corrected chi connectivity index (χ0v) is 12.2. The molecule has 0 spiro atoms. The fourth-order valence-electron chi connectivity index (χ4n) is 2.38. The molecular weight excluding hydrogens is 252 g/mol. The van der Waals surface area contributed by atoms with Crippen molar-refractivity contribution in [3.8, 4) is 0 Å². The second-order valence-electron chi connectivity index (χ2n) is 4.86. The molecule has 2 atom stereocenters. The van der Waals surface area contributed by atoms with E-state index in [1.54, 1.807) is 11.3 Å². The van der Waals surface area contributed by atoms with Gasteiger partial charge in [0.25, 0.3) is 0 Å². The van der Waals surface area contributed by atoms with Crippen molar-refractivity contribution in [1.82, 2.24) is 10.2 Å². The molecule has 96 valence electrons. The van der Waals surface area contributed by atoms with Crippen LogP contribution in [-0.4, -0.2) is 31.1 Å². The molecule has 1 aromatic rings. The van der Waals surface area contributed by atoms with E-state index in [0.717, 1.165) is 16.8 Å². The Balaban J connectivity index is 1.75. The third-order valence-corrected chi connectivity index (χ3v) is 4.73. The number of rotatable bonds is 5. The lowest BCUT2D eigenvalue weighted by Gasteiger charge is -2.17. The minimum absolute atomic E-state index is 0.412. The van der Waals surface area contributed by atoms with E-state index in [0.29, 0.717) is 6.04 Å². The van der Waals surface area contributed by atoms with Gasteiger partial charge >= 0.3 is 0 Å². The van der Waals surface area contributed by atoms with Crippen LogP contribution < -0.4 is 5.32 Å². The number of halogens is 1. The van der Waals surface area contributed by atoms with Gasteiger partial charge < -0.3 is 10.2 Å². The van der Waals surface area contributed by atoms with E-state index in [2.05, 4.69) is 35.5 Å². The van der Waals surface area contributed by atoms with Gasteiger partial charge in [-0.3, -0.25) is 0 Å². The lowest BCUT2D eigenvalue weighted by molar-refractivity contribution is 0.336. The molecule has 1 fully saturated rings. The van der Waals surface area contributed by atoms with Gasteiger partial charge in [-0.2, -0.15) is 0 Å². The number of hydrogen-bond acceptors (Lipinski definition) is 3. The molecule has 0 aromatic carbocycles. The van der Waals surface area contributed by atoms with Crippen LogP contribution in [0.3, 0.4) is 0 Å². The molecule has 0 bridgehead atoms.